The second-order valence-corrected chi connectivity index (χ2v) is 7.60. The number of carbonyl (C=O) groups is 1. The van der Waals surface area contributed by atoms with Crippen LogP contribution in [0.4, 0.5) is 0 Å². The number of aryl methyl sites for hydroxylation is 2. The number of hydrogen-bond acceptors (Lipinski definition) is 4. The Kier molecular flexibility index (Phi) is 6.19. The molecule has 2 aromatic rings. The predicted molar refractivity (Wildman–Crippen MR) is 106 cm³/mol. The van der Waals surface area contributed by atoms with Gasteiger partial charge in [-0.15, -0.1) is 0 Å². The summed E-state index contributed by atoms with van der Waals surface area (Å²) in [5.74, 6) is 0.0641. The van der Waals surface area contributed by atoms with Crippen molar-refractivity contribution in [3.63, 3.8) is 0 Å². The molecule has 7 heteroatoms. The standard InChI is InChI=1S/C20H27ClN4O2/c1-13-11-25(12-14(2)27-13)20(26)17-7-5-16(6-8-17)9-22-10-18-15(3)23-24(4)19(18)21/h5-8,13-14,22H,9-12H2,1-4H3/t13-,14+. The minimum atomic E-state index is 0.0641. The van der Waals surface area contributed by atoms with Gasteiger partial charge < -0.3 is 15.0 Å². The summed E-state index contributed by atoms with van der Waals surface area (Å²) in [7, 11) is 1.84. The highest BCUT2D eigenvalue weighted by molar-refractivity contribution is 6.30. The topological polar surface area (TPSA) is 59.4 Å². The predicted octanol–water partition coefficient (Wildman–Crippen LogP) is 2.92. The first-order valence-corrected chi connectivity index (χ1v) is 9.65. The van der Waals surface area contributed by atoms with Crippen molar-refractivity contribution >= 4 is 17.5 Å². The first-order chi connectivity index (χ1) is 12.8. The summed E-state index contributed by atoms with van der Waals surface area (Å²) in [5, 5.41) is 8.36. The Morgan fingerprint density at radius 2 is 1.85 bits per heavy atom. The highest BCUT2D eigenvalue weighted by Gasteiger charge is 2.26. The third kappa shape index (κ3) is 4.69. The maximum atomic E-state index is 12.7. The van der Waals surface area contributed by atoms with E-state index in [4.69, 9.17) is 16.3 Å². The number of nitrogens with zero attached hydrogens (tertiary/aromatic N) is 3. The van der Waals surface area contributed by atoms with Gasteiger partial charge in [0.1, 0.15) is 5.15 Å². The van der Waals surface area contributed by atoms with Crippen molar-refractivity contribution in [2.75, 3.05) is 13.1 Å². The number of carbonyl (C=O) groups excluding carboxylic acids is 1. The van der Waals surface area contributed by atoms with E-state index in [1.165, 1.54) is 0 Å². The van der Waals surface area contributed by atoms with Gasteiger partial charge in [-0.05, 0) is 38.5 Å². The molecule has 1 N–H and O–H groups in total. The van der Waals surface area contributed by atoms with Crippen LogP contribution in [0.15, 0.2) is 24.3 Å². The monoisotopic (exact) mass is 390 g/mol. The van der Waals surface area contributed by atoms with E-state index in [9.17, 15) is 4.79 Å². The van der Waals surface area contributed by atoms with Crippen LogP contribution in [0.25, 0.3) is 0 Å². The zero-order valence-corrected chi connectivity index (χ0v) is 17.1. The van der Waals surface area contributed by atoms with Crippen molar-refractivity contribution in [2.24, 2.45) is 7.05 Å². The zero-order valence-electron chi connectivity index (χ0n) is 16.3. The molecule has 0 bridgehead atoms. The Hall–Kier alpha value is -1.89. The minimum absolute atomic E-state index is 0.0641. The summed E-state index contributed by atoms with van der Waals surface area (Å²) in [4.78, 5) is 14.6. The van der Waals surface area contributed by atoms with E-state index >= 15 is 0 Å². The van der Waals surface area contributed by atoms with Crippen LogP contribution in [0, 0.1) is 6.92 Å². The normalized spacial score (nSPS) is 20.1. The number of halogens is 1. The molecule has 0 spiro atoms. The lowest BCUT2D eigenvalue weighted by molar-refractivity contribution is -0.0586. The molecule has 0 aliphatic carbocycles. The average molecular weight is 391 g/mol. The molecule has 2 heterocycles. The molecule has 1 aliphatic rings. The van der Waals surface area contributed by atoms with Gasteiger partial charge in [-0.25, -0.2) is 0 Å². The number of nitrogens with one attached hydrogen (secondary N) is 1. The molecule has 1 amide bonds. The summed E-state index contributed by atoms with van der Waals surface area (Å²) in [6.45, 7) is 8.58. The second-order valence-electron chi connectivity index (χ2n) is 7.25. The quantitative estimate of drug-likeness (QED) is 0.852. The number of ether oxygens (including phenoxy) is 1. The molecule has 1 fully saturated rings. The second kappa shape index (κ2) is 8.42. The third-order valence-electron chi connectivity index (χ3n) is 4.81. The van der Waals surface area contributed by atoms with Crippen LogP contribution < -0.4 is 5.32 Å². The van der Waals surface area contributed by atoms with Crippen LogP contribution in [-0.4, -0.2) is 45.9 Å². The summed E-state index contributed by atoms with van der Waals surface area (Å²) < 4.78 is 7.39. The van der Waals surface area contributed by atoms with Crippen LogP contribution in [0.5, 0.6) is 0 Å². The smallest absolute Gasteiger partial charge is 0.254 e. The number of benzene rings is 1. The van der Waals surface area contributed by atoms with Gasteiger partial charge in [-0.1, -0.05) is 23.7 Å². The molecule has 2 atom stereocenters. The number of rotatable bonds is 5. The van der Waals surface area contributed by atoms with Crippen molar-refractivity contribution in [1.82, 2.24) is 20.0 Å². The van der Waals surface area contributed by atoms with Crippen LogP contribution in [0.1, 0.15) is 41.0 Å². The lowest BCUT2D eigenvalue weighted by atomic mass is 10.1. The molecule has 1 aromatic heterocycles. The summed E-state index contributed by atoms with van der Waals surface area (Å²) in [6, 6.07) is 7.77. The first kappa shape index (κ1) is 19.9. The maximum absolute atomic E-state index is 12.7. The SMILES string of the molecule is Cc1nn(C)c(Cl)c1CNCc1ccc(C(=O)N2C[C@@H](C)O[C@@H](C)C2)cc1. The zero-order chi connectivity index (χ0) is 19.6. The van der Waals surface area contributed by atoms with E-state index in [2.05, 4.69) is 10.4 Å². The molecule has 6 nitrogen and oxygen atoms in total. The molecule has 1 saturated heterocycles. The van der Waals surface area contributed by atoms with Gasteiger partial charge in [0.15, 0.2) is 0 Å². The highest BCUT2D eigenvalue weighted by Crippen LogP contribution is 2.18. The number of amides is 1. The van der Waals surface area contributed by atoms with E-state index in [-0.39, 0.29) is 18.1 Å². The first-order valence-electron chi connectivity index (χ1n) is 9.27. The fraction of sp³-hybridized carbons (Fsp3) is 0.500. The van der Waals surface area contributed by atoms with Gasteiger partial charge in [0.2, 0.25) is 0 Å². The van der Waals surface area contributed by atoms with E-state index < -0.39 is 0 Å². The van der Waals surface area contributed by atoms with Crippen LogP contribution in [0.2, 0.25) is 5.15 Å². The molecular formula is C20H27ClN4O2. The Balaban J connectivity index is 1.56. The van der Waals surface area contributed by atoms with E-state index in [0.29, 0.717) is 36.9 Å². The van der Waals surface area contributed by atoms with Gasteiger partial charge in [-0.2, -0.15) is 5.10 Å². The van der Waals surface area contributed by atoms with Gasteiger partial charge >= 0.3 is 0 Å². The largest absolute Gasteiger partial charge is 0.372 e. The fourth-order valence-corrected chi connectivity index (χ4v) is 3.74. The van der Waals surface area contributed by atoms with Gasteiger partial charge in [0.25, 0.3) is 5.91 Å². The summed E-state index contributed by atoms with van der Waals surface area (Å²) in [5.41, 5.74) is 3.78. The molecule has 3 rings (SSSR count). The van der Waals surface area contributed by atoms with Crippen molar-refractivity contribution in [3.05, 3.63) is 51.8 Å². The van der Waals surface area contributed by atoms with Crippen molar-refractivity contribution in [3.8, 4) is 0 Å². The molecule has 1 aromatic carbocycles. The van der Waals surface area contributed by atoms with Crippen LogP contribution in [-0.2, 0) is 24.9 Å². The Bertz CT molecular complexity index is 793. The lowest BCUT2D eigenvalue weighted by Gasteiger charge is -2.35. The summed E-state index contributed by atoms with van der Waals surface area (Å²) in [6.07, 6.45) is 0.146. The molecule has 0 unspecified atom stereocenters. The van der Waals surface area contributed by atoms with E-state index in [1.807, 2.05) is 57.0 Å². The highest BCUT2D eigenvalue weighted by atomic mass is 35.5. The van der Waals surface area contributed by atoms with Gasteiger partial charge in [-0.3, -0.25) is 9.48 Å². The van der Waals surface area contributed by atoms with Crippen molar-refractivity contribution < 1.29 is 9.53 Å². The number of hydrogen-bond donors (Lipinski definition) is 1. The molecule has 1 aliphatic heterocycles. The van der Waals surface area contributed by atoms with E-state index in [1.54, 1.807) is 4.68 Å². The van der Waals surface area contributed by atoms with E-state index in [0.717, 1.165) is 16.8 Å². The Morgan fingerprint density at radius 3 is 2.41 bits per heavy atom. The maximum Gasteiger partial charge on any atom is 0.254 e. The van der Waals surface area contributed by atoms with Gasteiger partial charge in [0, 0.05) is 44.4 Å². The third-order valence-corrected chi connectivity index (χ3v) is 5.28. The van der Waals surface area contributed by atoms with Gasteiger partial charge in [0.05, 0.1) is 17.9 Å². The lowest BCUT2D eigenvalue weighted by Crippen LogP contribution is -2.48. The fourth-order valence-electron chi connectivity index (χ4n) is 3.50. The average Bonchev–Trinajstić information content (AvgIpc) is 2.87. The minimum Gasteiger partial charge on any atom is -0.372 e. The Morgan fingerprint density at radius 1 is 1.22 bits per heavy atom. The Labute approximate surface area is 165 Å². The summed E-state index contributed by atoms with van der Waals surface area (Å²) >= 11 is 6.26. The van der Waals surface area contributed by atoms with Crippen molar-refractivity contribution in [1.29, 1.82) is 0 Å². The van der Waals surface area contributed by atoms with Crippen LogP contribution >= 0.6 is 11.6 Å². The molecular weight excluding hydrogens is 364 g/mol. The number of morpholine rings is 1. The van der Waals surface area contributed by atoms with Crippen molar-refractivity contribution in [2.45, 2.75) is 46.1 Å². The molecule has 0 radical (unpaired) electrons. The molecule has 146 valence electrons. The molecule has 0 saturated carbocycles. The molecule has 27 heavy (non-hydrogen) atoms. The van der Waals surface area contributed by atoms with Crippen LogP contribution in [0.3, 0.4) is 0 Å². The number of aromatic nitrogens is 2.